The quantitative estimate of drug-likeness (QED) is 0.284. The number of benzene rings is 1. The Kier molecular flexibility index (Phi) is 7.42. The van der Waals surface area contributed by atoms with Crippen LogP contribution in [-0.2, 0) is 15.3 Å². The molecule has 0 aliphatic heterocycles. The highest BCUT2D eigenvalue weighted by Gasteiger charge is 2.24. The summed E-state index contributed by atoms with van der Waals surface area (Å²) in [5, 5.41) is 11.6. The highest BCUT2D eigenvalue weighted by molar-refractivity contribution is 7.98. The first-order valence-electron chi connectivity index (χ1n) is 9.34. The molecule has 1 atom stereocenters. The van der Waals surface area contributed by atoms with E-state index in [0.29, 0.717) is 26.6 Å². The molecular weight excluding hydrogens is 436 g/mol. The molecule has 2 aromatic heterocycles. The van der Waals surface area contributed by atoms with E-state index in [0.717, 1.165) is 16.9 Å². The van der Waals surface area contributed by atoms with Gasteiger partial charge in [0.15, 0.2) is 10.3 Å². The maximum absolute atomic E-state index is 12.8. The summed E-state index contributed by atoms with van der Waals surface area (Å²) in [5.41, 5.74) is 7.56. The van der Waals surface area contributed by atoms with Gasteiger partial charge in [-0.15, -0.1) is 10.2 Å². The Morgan fingerprint density at radius 2 is 2.10 bits per heavy atom. The molecule has 0 fully saturated rings. The number of amides is 1. The van der Waals surface area contributed by atoms with Gasteiger partial charge < -0.3 is 15.8 Å². The second-order valence-electron chi connectivity index (χ2n) is 6.47. The van der Waals surface area contributed by atoms with Gasteiger partial charge in [-0.05, 0) is 19.4 Å². The van der Waals surface area contributed by atoms with Crippen LogP contribution in [0.15, 0.2) is 48.1 Å². The van der Waals surface area contributed by atoms with Gasteiger partial charge in [-0.25, -0.2) is 9.78 Å². The number of thioether (sulfide) groups is 1. The fraction of sp³-hybridized carbons (Fsp3) is 0.250. The first-order valence-corrected chi connectivity index (χ1v) is 11.1. The van der Waals surface area contributed by atoms with Crippen molar-refractivity contribution in [1.82, 2.24) is 19.7 Å². The maximum Gasteiger partial charge on any atom is 0.350 e. The van der Waals surface area contributed by atoms with Gasteiger partial charge in [0.1, 0.15) is 17.5 Å². The highest BCUT2D eigenvalue weighted by Crippen LogP contribution is 2.28. The van der Waals surface area contributed by atoms with Crippen LogP contribution in [0.4, 0.5) is 11.1 Å². The van der Waals surface area contributed by atoms with Crippen LogP contribution in [0.2, 0.25) is 0 Å². The Balaban J connectivity index is 1.70. The van der Waals surface area contributed by atoms with Gasteiger partial charge in [0.25, 0.3) is 0 Å². The van der Waals surface area contributed by atoms with Crippen molar-refractivity contribution in [3.63, 3.8) is 0 Å². The maximum atomic E-state index is 12.8. The number of nitrogens with zero attached hydrogens (tertiary/aromatic N) is 4. The van der Waals surface area contributed by atoms with Gasteiger partial charge in [-0.1, -0.05) is 66.1 Å². The van der Waals surface area contributed by atoms with Crippen molar-refractivity contribution in [1.29, 1.82) is 0 Å². The zero-order valence-electron chi connectivity index (χ0n) is 17.1. The average Bonchev–Trinajstić information content (AvgIpc) is 3.32. The van der Waals surface area contributed by atoms with Gasteiger partial charge >= 0.3 is 5.97 Å². The highest BCUT2D eigenvalue weighted by atomic mass is 32.2. The lowest BCUT2D eigenvalue weighted by Crippen LogP contribution is -2.25. The Labute approximate surface area is 187 Å². The van der Waals surface area contributed by atoms with Crippen LogP contribution in [-0.4, -0.2) is 38.2 Å². The second kappa shape index (κ2) is 10.2. The fourth-order valence-corrected chi connectivity index (χ4v) is 4.48. The molecule has 1 amide bonds. The van der Waals surface area contributed by atoms with Crippen LogP contribution in [0, 0.1) is 6.92 Å². The molecule has 11 heteroatoms. The number of thiazole rings is 1. The Morgan fingerprint density at radius 1 is 1.35 bits per heavy atom. The number of hydrogen-bond acceptors (Lipinski definition) is 9. The first-order chi connectivity index (χ1) is 14.9. The smallest absolute Gasteiger partial charge is 0.350 e. The summed E-state index contributed by atoms with van der Waals surface area (Å²) in [6.45, 7) is 6.99. The zero-order valence-corrected chi connectivity index (χ0v) is 18.7. The molecule has 3 aromatic rings. The van der Waals surface area contributed by atoms with Crippen LogP contribution in [0.25, 0.3) is 0 Å². The number of ether oxygens (including phenoxy) is 1. The average molecular weight is 459 g/mol. The van der Waals surface area contributed by atoms with Crippen LogP contribution in [0.5, 0.6) is 0 Å². The van der Waals surface area contributed by atoms with E-state index in [1.165, 1.54) is 17.8 Å². The summed E-state index contributed by atoms with van der Waals surface area (Å²) in [4.78, 5) is 29.5. The normalized spacial score (nSPS) is 11.7. The number of nitrogen functional groups attached to an aromatic ring is 1. The molecule has 0 aliphatic carbocycles. The summed E-state index contributed by atoms with van der Waals surface area (Å²) in [5.74, 6) is -0.0593. The summed E-state index contributed by atoms with van der Waals surface area (Å²) in [6.07, 6.45) is 1.48. The molecule has 31 heavy (non-hydrogen) atoms. The largest absolute Gasteiger partial charge is 0.457 e. The number of carbonyl (C=O) groups excluding carboxylic acids is 2. The summed E-state index contributed by atoms with van der Waals surface area (Å²) in [6, 6.07) is 9.20. The van der Waals surface area contributed by atoms with E-state index in [-0.39, 0.29) is 18.5 Å². The summed E-state index contributed by atoms with van der Waals surface area (Å²) in [7, 11) is 0. The number of aromatic nitrogens is 4. The number of hydrogen-bond donors (Lipinski definition) is 2. The lowest BCUT2D eigenvalue weighted by Gasteiger charge is -2.15. The van der Waals surface area contributed by atoms with Crippen LogP contribution >= 0.6 is 23.1 Å². The van der Waals surface area contributed by atoms with Gasteiger partial charge in [-0.2, -0.15) is 0 Å². The van der Waals surface area contributed by atoms with Crippen LogP contribution < -0.4 is 11.1 Å². The summed E-state index contributed by atoms with van der Waals surface area (Å²) < 4.78 is 6.61. The standard InChI is InChI=1S/C20H22N6O3S2/c1-4-10-29-17(28)15-12(2)22-19(31-15)23-16(27)13(3)26-18(21)24-25-20(26)30-11-14-8-6-5-7-9-14/h4-9,13H,1,10-11H2,2-3H3,(H2,21,24)(H,22,23,27). The molecular formula is C20H22N6O3S2. The second-order valence-corrected chi connectivity index (χ2v) is 8.41. The van der Waals surface area contributed by atoms with Crippen molar-refractivity contribution in [2.45, 2.75) is 30.8 Å². The fourth-order valence-electron chi connectivity index (χ4n) is 2.64. The minimum absolute atomic E-state index is 0.102. The van der Waals surface area contributed by atoms with E-state index < -0.39 is 12.0 Å². The molecule has 0 saturated heterocycles. The molecule has 0 bridgehead atoms. The minimum Gasteiger partial charge on any atom is -0.457 e. The Hall–Kier alpha value is -3.18. The molecule has 2 heterocycles. The van der Waals surface area contributed by atoms with Crippen molar-refractivity contribution < 1.29 is 14.3 Å². The molecule has 9 nitrogen and oxygen atoms in total. The number of anilines is 2. The molecule has 0 saturated carbocycles. The molecule has 0 spiro atoms. The minimum atomic E-state index is -0.686. The monoisotopic (exact) mass is 458 g/mol. The summed E-state index contributed by atoms with van der Waals surface area (Å²) >= 11 is 2.49. The Morgan fingerprint density at radius 3 is 2.81 bits per heavy atom. The topological polar surface area (TPSA) is 125 Å². The van der Waals surface area contributed by atoms with E-state index >= 15 is 0 Å². The van der Waals surface area contributed by atoms with Gasteiger partial charge in [-0.3, -0.25) is 9.36 Å². The van der Waals surface area contributed by atoms with E-state index in [4.69, 9.17) is 10.5 Å². The zero-order chi connectivity index (χ0) is 22.4. The molecule has 0 aliphatic rings. The molecule has 3 rings (SSSR count). The molecule has 162 valence electrons. The van der Waals surface area contributed by atoms with E-state index in [1.54, 1.807) is 18.4 Å². The van der Waals surface area contributed by atoms with Crippen molar-refractivity contribution in [3.8, 4) is 0 Å². The predicted octanol–water partition coefficient (Wildman–Crippen LogP) is 3.46. The Bertz CT molecular complexity index is 1080. The van der Waals surface area contributed by atoms with Crippen LogP contribution in [0.1, 0.15) is 33.9 Å². The molecule has 3 N–H and O–H groups in total. The lowest BCUT2D eigenvalue weighted by molar-refractivity contribution is -0.118. The van der Waals surface area contributed by atoms with E-state index in [2.05, 4.69) is 27.1 Å². The molecule has 1 unspecified atom stereocenters. The van der Waals surface area contributed by atoms with Crippen molar-refractivity contribution in [2.75, 3.05) is 17.7 Å². The molecule has 1 aromatic carbocycles. The SMILES string of the molecule is C=CCOC(=O)c1sc(NC(=O)C(C)n2c(N)nnc2SCc2ccccc2)nc1C. The van der Waals surface area contributed by atoms with Crippen molar-refractivity contribution in [2.24, 2.45) is 0 Å². The third kappa shape index (κ3) is 5.50. The number of esters is 1. The predicted molar refractivity (Wildman–Crippen MR) is 121 cm³/mol. The number of aryl methyl sites for hydroxylation is 1. The van der Waals surface area contributed by atoms with Crippen LogP contribution in [0.3, 0.4) is 0 Å². The van der Waals surface area contributed by atoms with E-state index in [1.807, 2.05) is 30.3 Å². The van der Waals surface area contributed by atoms with Gasteiger partial charge in [0.05, 0.1) is 5.69 Å². The number of nitrogens with one attached hydrogen (secondary N) is 1. The van der Waals surface area contributed by atoms with Crippen molar-refractivity contribution in [3.05, 3.63) is 59.1 Å². The first kappa shape index (κ1) is 22.5. The van der Waals surface area contributed by atoms with Gasteiger partial charge in [0.2, 0.25) is 11.9 Å². The van der Waals surface area contributed by atoms with Crippen molar-refractivity contribution >= 4 is 46.1 Å². The number of nitrogens with two attached hydrogens (primary N) is 1. The number of rotatable bonds is 9. The third-order valence-electron chi connectivity index (χ3n) is 4.21. The van der Waals surface area contributed by atoms with Gasteiger partial charge in [0, 0.05) is 5.75 Å². The number of carbonyl (C=O) groups is 2. The molecule has 0 radical (unpaired) electrons. The lowest BCUT2D eigenvalue weighted by atomic mass is 10.2. The third-order valence-corrected chi connectivity index (χ3v) is 6.28. The van der Waals surface area contributed by atoms with E-state index in [9.17, 15) is 9.59 Å².